The molecule has 13 heavy (non-hydrogen) atoms. The molecule has 2 N–H and O–H groups in total. The maximum Gasteiger partial charge on any atom is 0.230 e. The fraction of sp³-hybridized carbons (Fsp3) is 1.00. The second kappa shape index (κ2) is 7.60. The van der Waals surface area contributed by atoms with E-state index < -0.39 is 0 Å². The summed E-state index contributed by atoms with van der Waals surface area (Å²) in [5.74, 6) is 0. The third-order valence-corrected chi connectivity index (χ3v) is 1.76. The van der Waals surface area contributed by atoms with E-state index in [1.807, 2.05) is 0 Å². The number of hydrogen-bond donors (Lipinski definition) is 2. The average Bonchev–Trinajstić information content (AvgIpc) is 2.16. The summed E-state index contributed by atoms with van der Waals surface area (Å²) in [6, 6.07) is 0. The molecule has 6 nitrogen and oxygen atoms in total. The summed E-state index contributed by atoms with van der Waals surface area (Å²) < 4.78 is 0. The van der Waals surface area contributed by atoms with Gasteiger partial charge in [0.15, 0.2) is 0 Å². The highest BCUT2D eigenvalue weighted by molar-refractivity contribution is 4.43. The SMILES string of the molecule is CN(CCCCCCO)/[N+]([O-])=N\O. The Kier molecular flexibility index (Phi) is 6.99. The van der Waals surface area contributed by atoms with Crippen molar-refractivity contribution in [3.8, 4) is 0 Å². The summed E-state index contributed by atoms with van der Waals surface area (Å²) in [4.78, 5) is 0.145. The van der Waals surface area contributed by atoms with Crippen LogP contribution in [0.5, 0.6) is 0 Å². The van der Waals surface area contributed by atoms with Gasteiger partial charge in [0, 0.05) is 6.61 Å². The predicted molar refractivity (Wildman–Crippen MR) is 46.0 cm³/mol. The molecule has 0 saturated carbocycles. The zero-order chi connectivity index (χ0) is 10.1. The second-order valence-electron chi connectivity index (χ2n) is 2.86. The van der Waals surface area contributed by atoms with Crippen LogP contribution < -0.4 is 0 Å². The summed E-state index contributed by atoms with van der Waals surface area (Å²) in [5, 5.41) is 31.0. The van der Waals surface area contributed by atoms with Crippen LogP contribution in [0.2, 0.25) is 0 Å². The number of rotatable bonds is 7. The molecule has 6 heteroatoms. The third-order valence-electron chi connectivity index (χ3n) is 1.76. The van der Waals surface area contributed by atoms with Gasteiger partial charge in [-0.2, -0.15) is 0 Å². The lowest BCUT2D eigenvalue weighted by atomic mass is 10.2. The van der Waals surface area contributed by atoms with Gasteiger partial charge < -0.3 is 15.5 Å². The molecule has 0 fully saturated rings. The molecule has 0 heterocycles. The molecule has 0 saturated heterocycles. The van der Waals surface area contributed by atoms with Gasteiger partial charge in [0.05, 0.1) is 18.6 Å². The first-order valence-corrected chi connectivity index (χ1v) is 4.36. The standard InChI is InChI=1S/C7H17N3O3/c1-9(10(13)8-12)6-4-2-3-5-7-11/h11-12H,2-7H2,1H3/b10-8+. The van der Waals surface area contributed by atoms with Crippen molar-refractivity contribution in [1.82, 2.24) is 5.01 Å². The number of aliphatic hydroxyl groups excluding tert-OH is 1. The smallest absolute Gasteiger partial charge is 0.230 e. The van der Waals surface area contributed by atoms with E-state index in [-0.39, 0.29) is 11.6 Å². The zero-order valence-electron chi connectivity index (χ0n) is 7.89. The minimum Gasteiger partial charge on any atom is -0.569 e. The quantitative estimate of drug-likeness (QED) is 0.269. The highest BCUT2D eigenvalue weighted by Crippen LogP contribution is 2.00. The lowest BCUT2D eigenvalue weighted by Crippen LogP contribution is -2.27. The molecule has 0 unspecified atom stereocenters. The number of hydrazine groups is 1. The number of unbranched alkanes of at least 4 members (excludes halogenated alkanes) is 3. The molecule has 0 aromatic rings. The molecule has 0 bridgehead atoms. The molecular formula is C7H17N3O3. The lowest BCUT2D eigenvalue weighted by Gasteiger charge is -2.11. The molecule has 0 aliphatic rings. The summed E-state index contributed by atoms with van der Waals surface area (Å²) in [7, 11) is 1.55. The zero-order valence-corrected chi connectivity index (χ0v) is 7.89. The van der Waals surface area contributed by atoms with Gasteiger partial charge >= 0.3 is 0 Å². The Hall–Kier alpha value is -1.04. The van der Waals surface area contributed by atoms with Crippen LogP contribution in [-0.4, -0.2) is 40.5 Å². The van der Waals surface area contributed by atoms with Gasteiger partial charge in [-0.1, -0.05) is 12.8 Å². The van der Waals surface area contributed by atoms with Crippen molar-refractivity contribution in [2.24, 2.45) is 5.28 Å². The summed E-state index contributed by atoms with van der Waals surface area (Å²) in [5.41, 5.74) is 0. The van der Waals surface area contributed by atoms with Crippen LogP contribution in [0.3, 0.4) is 0 Å². The largest absolute Gasteiger partial charge is 0.569 e. The molecule has 0 rings (SSSR count). The minimum atomic E-state index is 0.145. The van der Waals surface area contributed by atoms with Crippen LogP contribution in [0.25, 0.3) is 0 Å². The monoisotopic (exact) mass is 191 g/mol. The van der Waals surface area contributed by atoms with Crippen molar-refractivity contribution >= 4 is 0 Å². The highest BCUT2D eigenvalue weighted by Gasteiger charge is 2.03. The van der Waals surface area contributed by atoms with E-state index in [9.17, 15) is 5.21 Å². The Balaban J connectivity index is 3.32. The van der Waals surface area contributed by atoms with Crippen LogP contribution >= 0.6 is 0 Å². The van der Waals surface area contributed by atoms with Crippen molar-refractivity contribution in [2.45, 2.75) is 25.7 Å². The summed E-state index contributed by atoms with van der Waals surface area (Å²) in [6.07, 6.45) is 3.57. The lowest BCUT2D eigenvalue weighted by molar-refractivity contribution is -0.704. The summed E-state index contributed by atoms with van der Waals surface area (Å²) in [6.45, 7) is 0.772. The minimum absolute atomic E-state index is 0.145. The van der Waals surface area contributed by atoms with Crippen LogP contribution in [-0.2, 0) is 0 Å². The van der Waals surface area contributed by atoms with Gasteiger partial charge in [-0.25, -0.2) is 0 Å². The molecule has 0 aromatic heterocycles. The van der Waals surface area contributed by atoms with Crippen LogP contribution in [0.4, 0.5) is 0 Å². The molecular weight excluding hydrogens is 174 g/mol. The first-order valence-electron chi connectivity index (χ1n) is 4.36. The molecule has 0 atom stereocenters. The van der Waals surface area contributed by atoms with Gasteiger partial charge in [-0.3, -0.25) is 0 Å². The van der Waals surface area contributed by atoms with Crippen molar-refractivity contribution in [3.63, 3.8) is 0 Å². The second-order valence-corrected chi connectivity index (χ2v) is 2.86. The fourth-order valence-corrected chi connectivity index (χ4v) is 0.960. The summed E-state index contributed by atoms with van der Waals surface area (Å²) >= 11 is 0. The third kappa shape index (κ3) is 6.15. The van der Waals surface area contributed by atoms with Gasteiger partial charge in [0.1, 0.15) is 0 Å². The molecule has 0 aliphatic heterocycles. The molecule has 0 aliphatic carbocycles. The van der Waals surface area contributed by atoms with Gasteiger partial charge in [0.2, 0.25) is 5.28 Å². The topological polar surface area (TPSA) is 82.1 Å². The van der Waals surface area contributed by atoms with Crippen molar-refractivity contribution < 1.29 is 15.3 Å². The number of nitrogens with zero attached hydrogens (tertiary/aromatic N) is 3. The van der Waals surface area contributed by atoms with E-state index in [1.54, 1.807) is 7.05 Å². The van der Waals surface area contributed by atoms with Gasteiger partial charge in [0.25, 0.3) is 0 Å². The maximum atomic E-state index is 10.6. The van der Waals surface area contributed by atoms with Gasteiger partial charge in [-0.15, -0.1) is 5.01 Å². The maximum absolute atomic E-state index is 10.6. The van der Waals surface area contributed by atoms with E-state index >= 15 is 0 Å². The van der Waals surface area contributed by atoms with Crippen LogP contribution in [0, 0.1) is 5.21 Å². The van der Waals surface area contributed by atoms with Crippen LogP contribution in [0.15, 0.2) is 5.28 Å². The molecule has 0 amide bonds. The molecule has 0 aromatic carbocycles. The Bertz CT molecular complexity index is 152. The van der Waals surface area contributed by atoms with E-state index in [2.05, 4.69) is 5.28 Å². The Morgan fingerprint density at radius 2 is 1.92 bits per heavy atom. The highest BCUT2D eigenvalue weighted by atomic mass is 16.6. The van der Waals surface area contributed by atoms with Crippen molar-refractivity contribution in [1.29, 1.82) is 0 Å². The number of aliphatic hydroxyl groups is 1. The van der Waals surface area contributed by atoms with E-state index in [0.717, 1.165) is 25.7 Å². The average molecular weight is 191 g/mol. The fourth-order valence-electron chi connectivity index (χ4n) is 0.960. The first-order chi connectivity index (χ1) is 6.22. The Labute approximate surface area is 77.6 Å². The van der Waals surface area contributed by atoms with E-state index in [0.29, 0.717) is 6.54 Å². The predicted octanol–water partition coefficient (Wildman–Crippen LogP) is 0.738. The van der Waals surface area contributed by atoms with Crippen LogP contribution in [0.1, 0.15) is 25.7 Å². The number of hydrogen-bond acceptors (Lipinski definition) is 3. The molecule has 0 spiro atoms. The molecule has 78 valence electrons. The van der Waals surface area contributed by atoms with Crippen molar-refractivity contribution in [3.05, 3.63) is 5.21 Å². The first kappa shape index (κ1) is 12.0. The van der Waals surface area contributed by atoms with E-state index in [1.165, 1.54) is 5.01 Å². The van der Waals surface area contributed by atoms with E-state index in [4.69, 9.17) is 10.3 Å². The van der Waals surface area contributed by atoms with Gasteiger partial charge in [-0.05, 0) is 12.8 Å². The Morgan fingerprint density at radius 3 is 2.46 bits per heavy atom. The molecule has 0 radical (unpaired) electrons. The van der Waals surface area contributed by atoms with Crippen molar-refractivity contribution in [2.75, 3.05) is 20.2 Å². The normalized spacial score (nSPS) is 11.7. The Morgan fingerprint density at radius 1 is 1.31 bits per heavy atom.